The number of amides is 1. The van der Waals surface area contributed by atoms with Gasteiger partial charge in [-0.2, -0.15) is 0 Å². The summed E-state index contributed by atoms with van der Waals surface area (Å²) in [5, 5.41) is 13.6. The minimum Gasteiger partial charge on any atom is -0.387 e. The summed E-state index contributed by atoms with van der Waals surface area (Å²) in [4.78, 5) is 14.5. The Kier molecular flexibility index (Phi) is 4.79. The zero-order chi connectivity index (χ0) is 15.5. The zero-order valence-electron chi connectivity index (χ0n) is 13.3. The van der Waals surface area contributed by atoms with E-state index in [1.54, 1.807) is 0 Å². The Hall–Kier alpha value is -1.39. The molecule has 2 N–H and O–H groups in total. The van der Waals surface area contributed by atoms with Gasteiger partial charge in [-0.3, -0.25) is 9.69 Å². The molecule has 3 unspecified atom stereocenters. The molecule has 120 valence electrons. The first-order valence-electron chi connectivity index (χ1n) is 8.48. The van der Waals surface area contributed by atoms with Gasteiger partial charge in [-0.25, -0.2) is 0 Å². The molecule has 4 heteroatoms. The predicted molar refractivity (Wildman–Crippen MR) is 86.5 cm³/mol. The van der Waals surface area contributed by atoms with Gasteiger partial charge in [0.25, 0.3) is 0 Å². The summed E-state index contributed by atoms with van der Waals surface area (Å²) in [5.74, 6) is 0.243. The van der Waals surface area contributed by atoms with Crippen LogP contribution in [0.2, 0.25) is 0 Å². The van der Waals surface area contributed by atoms with Gasteiger partial charge in [0.2, 0.25) is 5.91 Å². The Balaban J connectivity index is 1.65. The van der Waals surface area contributed by atoms with Crippen molar-refractivity contribution in [3.63, 3.8) is 0 Å². The monoisotopic (exact) mass is 302 g/mol. The van der Waals surface area contributed by atoms with Gasteiger partial charge in [0.1, 0.15) is 0 Å². The van der Waals surface area contributed by atoms with Crippen LogP contribution in [-0.4, -0.2) is 41.6 Å². The second-order valence-electron chi connectivity index (χ2n) is 6.54. The Morgan fingerprint density at radius 1 is 1.41 bits per heavy atom. The number of carbonyl (C=O) groups is 1. The van der Waals surface area contributed by atoms with E-state index in [1.807, 2.05) is 18.2 Å². The van der Waals surface area contributed by atoms with Crippen LogP contribution in [0.3, 0.4) is 0 Å². The maximum atomic E-state index is 12.2. The van der Waals surface area contributed by atoms with Crippen molar-refractivity contribution >= 4 is 5.91 Å². The summed E-state index contributed by atoms with van der Waals surface area (Å²) in [6.07, 6.45) is 3.43. The number of hydrogen-bond acceptors (Lipinski definition) is 3. The Morgan fingerprint density at radius 3 is 3.00 bits per heavy atom. The highest BCUT2D eigenvalue weighted by Crippen LogP contribution is 2.36. The van der Waals surface area contributed by atoms with E-state index >= 15 is 0 Å². The van der Waals surface area contributed by atoms with Crippen molar-refractivity contribution in [2.75, 3.05) is 19.6 Å². The molecule has 1 heterocycles. The first-order chi connectivity index (χ1) is 10.7. The van der Waals surface area contributed by atoms with Gasteiger partial charge in [-0.15, -0.1) is 0 Å². The van der Waals surface area contributed by atoms with Gasteiger partial charge in [0.05, 0.1) is 12.0 Å². The van der Waals surface area contributed by atoms with E-state index in [1.165, 1.54) is 5.56 Å². The average molecular weight is 302 g/mol. The topological polar surface area (TPSA) is 52.6 Å². The third-order valence-electron chi connectivity index (χ3n) is 5.01. The fourth-order valence-electron chi connectivity index (χ4n) is 3.80. The lowest BCUT2D eigenvalue weighted by Crippen LogP contribution is -2.48. The Bertz CT molecular complexity index is 532. The van der Waals surface area contributed by atoms with Gasteiger partial charge < -0.3 is 10.4 Å². The first-order valence-corrected chi connectivity index (χ1v) is 8.48. The van der Waals surface area contributed by atoms with Gasteiger partial charge in [-0.1, -0.05) is 31.2 Å². The fraction of sp³-hybridized carbons (Fsp3) is 0.611. The third-order valence-corrected chi connectivity index (χ3v) is 5.01. The maximum absolute atomic E-state index is 12.2. The summed E-state index contributed by atoms with van der Waals surface area (Å²) in [5.41, 5.74) is 2.31. The molecule has 0 radical (unpaired) electrons. The zero-order valence-corrected chi connectivity index (χ0v) is 13.3. The van der Waals surface area contributed by atoms with E-state index in [2.05, 4.69) is 23.2 Å². The standard InChI is InChI=1S/C18H26N2O2/c1-2-9-19-18(22)14-7-5-10-20(12-14)16-11-13-6-3-4-8-15(13)17(16)21/h3-4,6,8,14,16-17,21H,2,5,7,9-12H2,1H3,(H,19,22). The number of rotatable bonds is 4. The largest absolute Gasteiger partial charge is 0.387 e. The predicted octanol–water partition coefficient (Wildman–Crippen LogP) is 1.88. The number of aliphatic hydroxyl groups is 1. The number of carbonyl (C=O) groups excluding carboxylic acids is 1. The number of nitrogens with one attached hydrogen (secondary N) is 1. The first kappa shape index (κ1) is 15.5. The van der Waals surface area contributed by atoms with Crippen molar-refractivity contribution in [1.82, 2.24) is 10.2 Å². The fourth-order valence-corrected chi connectivity index (χ4v) is 3.80. The van der Waals surface area contributed by atoms with E-state index < -0.39 is 6.10 Å². The van der Waals surface area contributed by atoms with Crippen molar-refractivity contribution in [1.29, 1.82) is 0 Å². The van der Waals surface area contributed by atoms with Gasteiger partial charge in [0, 0.05) is 19.1 Å². The molecule has 22 heavy (non-hydrogen) atoms. The number of benzene rings is 1. The molecule has 1 aromatic rings. The quantitative estimate of drug-likeness (QED) is 0.893. The van der Waals surface area contributed by atoms with E-state index in [0.717, 1.165) is 50.9 Å². The van der Waals surface area contributed by atoms with Gasteiger partial charge in [-0.05, 0) is 43.4 Å². The molecular formula is C18H26N2O2. The molecule has 1 aliphatic heterocycles. The van der Waals surface area contributed by atoms with Crippen LogP contribution in [0.5, 0.6) is 0 Å². The average Bonchev–Trinajstić information content (AvgIpc) is 2.90. The van der Waals surface area contributed by atoms with Gasteiger partial charge in [0.15, 0.2) is 0 Å². The lowest BCUT2D eigenvalue weighted by molar-refractivity contribution is -0.127. The summed E-state index contributed by atoms with van der Waals surface area (Å²) < 4.78 is 0. The number of nitrogens with zero attached hydrogens (tertiary/aromatic N) is 1. The number of piperidine rings is 1. The number of likely N-dealkylation sites (tertiary alicyclic amines) is 1. The summed E-state index contributed by atoms with van der Waals surface area (Å²) >= 11 is 0. The molecule has 0 bridgehead atoms. The molecule has 0 aromatic heterocycles. The molecule has 4 nitrogen and oxygen atoms in total. The van der Waals surface area contributed by atoms with Crippen LogP contribution in [0.25, 0.3) is 0 Å². The molecule has 0 saturated carbocycles. The second kappa shape index (κ2) is 6.80. The number of fused-ring (bicyclic) bond motifs is 1. The third kappa shape index (κ3) is 3.03. The molecule has 1 aliphatic carbocycles. The molecule has 3 atom stereocenters. The lowest BCUT2D eigenvalue weighted by Gasteiger charge is -2.37. The minimum atomic E-state index is -0.423. The van der Waals surface area contributed by atoms with Crippen molar-refractivity contribution in [2.45, 2.75) is 44.8 Å². The molecule has 1 fully saturated rings. The SMILES string of the molecule is CCCNC(=O)C1CCCN(C2Cc3ccccc3C2O)C1. The summed E-state index contributed by atoms with van der Waals surface area (Å²) in [7, 11) is 0. The minimum absolute atomic E-state index is 0.0659. The number of aliphatic hydroxyl groups excluding tert-OH is 1. The normalized spacial score (nSPS) is 28.4. The van der Waals surface area contributed by atoms with Crippen molar-refractivity contribution in [3.8, 4) is 0 Å². The van der Waals surface area contributed by atoms with Crippen LogP contribution in [-0.2, 0) is 11.2 Å². The molecular weight excluding hydrogens is 276 g/mol. The highest BCUT2D eigenvalue weighted by atomic mass is 16.3. The molecule has 3 rings (SSSR count). The van der Waals surface area contributed by atoms with E-state index in [-0.39, 0.29) is 17.9 Å². The van der Waals surface area contributed by atoms with Crippen LogP contribution in [0.1, 0.15) is 43.4 Å². The van der Waals surface area contributed by atoms with Crippen LogP contribution in [0, 0.1) is 5.92 Å². The number of hydrogen-bond donors (Lipinski definition) is 2. The van der Waals surface area contributed by atoms with Crippen LogP contribution >= 0.6 is 0 Å². The highest BCUT2D eigenvalue weighted by Gasteiger charge is 2.37. The molecule has 1 amide bonds. The maximum Gasteiger partial charge on any atom is 0.224 e. The van der Waals surface area contributed by atoms with Crippen molar-refractivity contribution in [3.05, 3.63) is 35.4 Å². The lowest BCUT2D eigenvalue weighted by atomic mass is 9.94. The summed E-state index contributed by atoms with van der Waals surface area (Å²) in [6.45, 7) is 4.57. The van der Waals surface area contributed by atoms with Crippen molar-refractivity contribution < 1.29 is 9.90 Å². The van der Waals surface area contributed by atoms with E-state index in [9.17, 15) is 9.90 Å². The van der Waals surface area contributed by atoms with E-state index in [4.69, 9.17) is 0 Å². The Labute approximate surface area is 132 Å². The molecule has 0 spiro atoms. The second-order valence-corrected chi connectivity index (χ2v) is 6.54. The summed E-state index contributed by atoms with van der Waals surface area (Å²) in [6, 6.07) is 8.27. The van der Waals surface area contributed by atoms with Crippen LogP contribution < -0.4 is 5.32 Å². The van der Waals surface area contributed by atoms with Crippen molar-refractivity contribution in [2.24, 2.45) is 5.92 Å². The molecule has 2 aliphatic rings. The van der Waals surface area contributed by atoms with Crippen LogP contribution in [0.4, 0.5) is 0 Å². The molecule has 1 saturated heterocycles. The van der Waals surface area contributed by atoms with Crippen LogP contribution in [0.15, 0.2) is 24.3 Å². The van der Waals surface area contributed by atoms with Gasteiger partial charge >= 0.3 is 0 Å². The highest BCUT2D eigenvalue weighted by molar-refractivity contribution is 5.78. The smallest absolute Gasteiger partial charge is 0.224 e. The van der Waals surface area contributed by atoms with E-state index in [0.29, 0.717) is 0 Å². The Morgan fingerprint density at radius 2 is 2.23 bits per heavy atom. The molecule has 1 aromatic carbocycles.